The van der Waals surface area contributed by atoms with Crippen molar-refractivity contribution in [3.63, 3.8) is 0 Å². The van der Waals surface area contributed by atoms with Crippen molar-refractivity contribution >= 4 is 0 Å². The van der Waals surface area contributed by atoms with Gasteiger partial charge in [0.1, 0.15) is 5.82 Å². The third kappa shape index (κ3) is 2.85. The number of hydrogen-bond donors (Lipinski definition) is 1. The molecule has 0 radical (unpaired) electrons. The van der Waals surface area contributed by atoms with Crippen molar-refractivity contribution < 1.29 is 0 Å². The summed E-state index contributed by atoms with van der Waals surface area (Å²) in [6.45, 7) is 7.80. The Hall–Kier alpha value is -0.830. The molecule has 2 unspecified atom stereocenters. The second kappa shape index (κ2) is 5.00. The Morgan fingerprint density at radius 1 is 1.50 bits per heavy atom. The fourth-order valence-electron chi connectivity index (χ4n) is 2.07. The predicted molar refractivity (Wildman–Crippen MR) is 66.4 cm³/mol. The molecule has 16 heavy (non-hydrogen) atoms. The monoisotopic (exact) mass is 221 g/mol. The Balaban J connectivity index is 1.87. The number of aromatic nitrogens is 2. The summed E-state index contributed by atoms with van der Waals surface area (Å²) in [5, 5.41) is 3.67. The van der Waals surface area contributed by atoms with E-state index in [-0.39, 0.29) is 0 Å². The molecule has 1 fully saturated rings. The van der Waals surface area contributed by atoms with E-state index in [9.17, 15) is 0 Å². The van der Waals surface area contributed by atoms with Crippen LogP contribution in [-0.4, -0.2) is 21.6 Å². The van der Waals surface area contributed by atoms with E-state index < -0.39 is 0 Å². The van der Waals surface area contributed by atoms with Gasteiger partial charge in [-0.25, -0.2) is 4.98 Å². The molecule has 1 heterocycles. The van der Waals surface area contributed by atoms with Gasteiger partial charge in [0.15, 0.2) is 0 Å². The number of hydrogen-bond acceptors (Lipinski definition) is 2. The standard InChI is InChI=1S/C13H23N3/c1-4-16-8-7-14-13(16)9-10(2)11(3)15-12-5-6-12/h7-8,10-12,15H,4-6,9H2,1-3H3. The van der Waals surface area contributed by atoms with E-state index >= 15 is 0 Å². The molecular weight excluding hydrogens is 198 g/mol. The summed E-state index contributed by atoms with van der Waals surface area (Å²) in [5.41, 5.74) is 0. The molecule has 0 aliphatic heterocycles. The van der Waals surface area contributed by atoms with E-state index in [0.717, 1.165) is 19.0 Å². The molecule has 0 aromatic carbocycles. The van der Waals surface area contributed by atoms with Gasteiger partial charge in [-0.2, -0.15) is 0 Å². The summed E-state index contributed by atoms with van der Waals surface area (Å²) in [6, 6.07) is 1.39. The number of nitrogens with one attached hydrogen (secondary N) is 1. The molecule has 3 heteroatoms. The zero-order valence-electron chi connectivity index (χ0n) is 10.6. The van der Waals surface area contributed by atoms with Gasteiger partial charge in [-0.1, -0.05) is 6.92 Å². The normalized spacial score (nSPS) is 19.7. The average Bonchev–Trinajstić information content (AvgIpc) is 2.96. The van der Waals surface area contributed by atoms with E-state index in [4.69, 9.17) is 0 Å². The largest absolute Gasteiger partial charge is 0.335 e. The SMILES string of the molecule is CCn1ccnc1CC(C)C(C)NC1CC1. The molecule has 1 N–H and O–H groups in total. The minimum Gasteiger partial charge on any atom is -0.335 e. The second-order valence-corrected chi connectivity index (χ2v) is 5.04. The van der Waals surface area contributed by atoms with Crippen molar-refractivity contribution in [1.82, 2.24) is 14.9 Å². The fourth-order valence-corrected chi connectivity index (χ4v) is 2.07. The summed E-state index contributed by atoms with van der Waals surface area (Å²) in [7, 11) is 0. The molecule has 1 aliphatic carbocycles. The van der Waals surface area contributed by atoms with Crippen LogP contribution in [0.25, 0.3) is 0 Å². The average molecular weight is 221 g/mol. The van der Waals surface area contributed by atoms with E-state index in [1.807, 2.05) is 6.20 Å². The van der Waals surface area contributed by atoms with Crippen LogP contribution in [0.3, 0.4) is 0 Å². The van der Waals surface area contributed by atoms with Gasteiger partial charge in [-0.3, -0.25) is 0 Å². The molecule has 2 rings (SSSR count). The molecule has 0 spiro atoms. The fraction of sp³-hybridized carbons (Fsp3) is 0.769. The quantitative estimate of drug-likeness (QED) is 0.798. The van der Waals surface area contributed by atoms with Gasteiger partial charge in [0.2, 0.25) is 0 Å². The first-order chi connectivity index (χ1) is 7.70. The zero-order chi connectivity index (χ0) is 11.5. The van der Waals surface area contributed by atoms with Crippen LogP contribution in [-0.2, 0) is 13.0 Å². The van der Waals surface area contributed by atoms with Crippen molar-refractivity contribution in [1.29, 1.82) is 0 Å². The van der Waals surface area contributed by atoms with Crippen molar-refractivity contribution in [2.24, 2.45) is 5.92 Å². The van der Waals surface area contributed by atoms with Crippen LogP contribution < -0.4 is 5.32 Å². The highest BCUT2D eigenvalue weighted by Crippen LogP contribution is 2.21. The number of imidazole rings is 1. The highest BCUT2D eigenvalue weighted by atomic mass is 15.1. The Labute approximate surface area is 98.3 Å². The van der Waals surface area contributed by atoms with Gasteiger partial charge in [0, 0.05) is 37.4 Å². The third-order valence-corrected chi connectivity index (χ3v) is 3.58. The smallest absolute Gasteiger partial charge is 0.108 e. The molecule has 90 valence electrons. The van der Waals surface area contributed by atoms with Gasteiger partial charge >= 0.3 is 0 Å². The Kier molecular flexibility index (Phi) is 3.64. The van der Waals surface area contributed by atoms with E-state index in [2.05, 4.69) is 41.8 Å². The van der Waals surface area contributed by atoms with E-state index in [1.165, 1.54) is 18.7 Å². The van der Waals surface area contributed by atoms with Crippen LogP contribution in [0.5, 0.6) is 0 Å². The lowest BCUT2D eigenvalue weighted by atomic mass is 9.99. The second-order valence-electron chi connectivity index (χ2n) is 5.04. The Morgan fingerprint density at radius 2 is 2.25 bits per heavy atom. The molecule has 0 bridgehead atoms. The summed E-state index contributed by atoms with van der Waals surface area (Å²) in [6.07, 6.45) is 7.77. The Morgan fingerprint density at radius 3 is 2.88 bits per heavy atom. The van der Waals surface area contributed by atoms with Gasteiger partial charge in [0.25, 0.3) is 0 Å². The van der Waals surface area contributed by atoms with Crippen molar-refractivity contribution in [3.8, 4) is 0 Å². The molecule has 1 aromatic rings. The highest BCUT2D eigenvalue weighted by Gasteiger charge is 2.25. The van der Waals surface area contributed by atoms with Crippen molar-refractivity contribution in [2.45, 2.75) is 58.7 Å². The number of aryl methyl sites for hydroxylation is 1. The lowest BCUT2D eigenvalue weighted by molar-refractivity contribution is 0.386. The number of rotatable bonds is 6. The molecule has 1 aromatic heterocycles. The lowest BCUT2D eigenvalue weighted by Gasteiger charge is -2.21. The van der Waals surface area contributed by atoms with Crippen LogP contribution in [0.1, 0.15) is 39.4 Å². The first-order valence-corrected chi connectivity index (χ1v) is 6.46. The molecule has 0 saturated heterocycles. The summed E-state index contributed by atoms with van der Waals surface area (Å²) in [4.78, 5) is 4.44. The van der Waals surface area contributed by atoms with Gasteiger partial charge in [-0.05, 0) is 32.6 Å². The maximum Gasteiger partial charge on any atom is 0.108 e. The maximum absolute atomic E-state index is 4.44. The van der Waals surface area contributed by atoms with Crippen molar-refractivity contribution in [3.05, 3.63) is 18.2 Å². The predicted octanol–water partition coefficient (Wildman–Crippen LogP) is 2.22. The molecule has 1 saturated carbocycles. The highest BCUT2D eigenvalue weighted by molar-refractivity contribution is 4.95. The first kappa shape index (κ1) is 11.6. The van der Waals surface area contributed by atoms with Crippen LogP contribution in [0, 0.1) is 5.92 Å². The van der Waals surface area contributed by atoms with Crippen LogP contribution in [0.15, 0.2) is 12.4 Å². The van der Waals surface area contributed by atoms with Crippen molar-refractivity contribution in [2.75, 3.05) is 0 Å². The van der Waals surface area contributed by atoms with E-state index in [0.29, 0.717) is 12.0 Å². The van der Waals surface area contributed by atoms with Crippen LogP contribution in [0.2, 0.25) is 0 Å². The molecular formula is C13H23N3. The van der Waals surface area contributed by atoms with E-state index in [1.54, 1.807) is 0 Å². The van der Waals surface area contributed by atoms with Gasteiger partial charge in [-0.15, -0.1) is 0 Å². The molecule has 1 aliphatic rings. The van der Waals surface area contributed by atoms with Gasteiger partial charge in [0.05, 0.1) is 0 Å². The minimum atomic E-state index is 0.592. The van der Waals surface area contributed by atoms with Crippen LogP contribution in [0.4, 0.5) is 0 Å². The molecule has 3 nitrogen and oxygen atoms in total. The minimum absolute atomic E-state index is 0.592. The first-order valence-electron chi connectivity index (χ1n) is 6.46. The third-order valence-electron chi connectivity index (χ3n) is 3.58. The summed E-state index contributed by atoms with van der Waals surface area (Å²) < 4.78 is 2.24. The summed E-state index contributed by atoms with van der Waals surface area (Å²) >= 11 is 0. The zero-order valence-corrected chi connectivity index (χ0v) is 10.6. The number of nitrogens with zero attached hydrogens (tertiary/aromatic N) is 2. The topological polar surface area (TPSA) is 29.9 Å². The molecule has 0 amide bonds. The lowest BCUT2D eigenvalue weighted by Crippen LogP contribution is -2.35. The summed E-state index contributed by atoms with van der Waals surface area (Å²) in [5.74, 6) is 1.87. The van der Waals surface area contributed by atoms with Gasteiger partial charge < -0.3 is 9.88 Å². The Bertz CT molecular complexity index is 328. The molecule has 2 atom stereocenters. The van der Waals surface area contributed by atoms with Crippen LogP contribution >= 0.6 is 0 Å². The maximum atomic E-state index is 4.44.